The quantitative estimate of drug-likeness (QED) is 0.817. The standard InChI is InChI=1S/C18H22BNO3/c1-17(2)18(3,4)23-19(22-17)16-12-14(10-11-20-16)13-6-8-15(21-5)9-7-13/h6-12H,1-5H3. The lowest BCUT2D eigenvalue weighted by atomic mass is 9.83. The number of rotatable bonds is 3. The third-order valence-electron chi connectivity index (χ3n) is 4.70. The van der Waals surface area contributed by atoms with Gasteiger partial charge in [-0.25, -0.2) is 0 Å². The van der Waals surface area contributed by atoms with Crippen LogP contribution >= 0.6 is 0 Å². The van der Waals surface area contributed by atoms with Gasteiger partial charge in [-0.15, -0.1) is 0 Å². The van der Waals surface area contributed by atoms with Gasteiger partial charge in [-0.1, -0.05) is 12.1 Å². The van der Waals surface area contributed by atoms with Crippen LogP contribution in [0.5, 0.6) is 5.75 Å². The molecule has 1 saturated heterocycles. The van der Waals surface area contributed by atoms with E-state index >= 15 is 0 Å². The van der Waals surface area contributed by atoms with Crippen LogP contribution in [-0.2, 0) is 9.31 Å². The molecule has 1 aromatic carbocycles. The molecule has 1 aliphatic heterocycles. The summed E-state index contributed by atoms with van der Waals surface area (Å²) < 4.78 is 17.3. The minimum Gasteiger partial charge on any atom is -0.497 e. The summed E-state index contributed by atoms with van der Waals surface area (Å²) in [5, 5.41) is 0. The molecule has 0 N–H and O–H groups in total. The van der Waals surface area contributed by atoms with E-state index in [1.54, 1.807) is 13.3 Å². The van der Waals surface area contributed by atoms with Crippen molar-refractivity contribution in [2.24, 2.45) is 0 Å². The van der Waals surface area contributed by atoms with E-state index in [0.29, 0.717) is 0 Å². The minimum absolute atomic E-state index is 0.366. The number of hydrogen-bond donors (Lipinski definition) is 0. The maximum Gasteiger partial charge on any atom is 0.514 e. The van der Waals surface area contributed by atoms with Crippen LogP contribution in [0.25, 0.3) is 11.1 Å². The molecule has 0 aliphatic carbocycles. The molecule has 2 heterocycles. The van der Waals surface area contributed by atoms with Gasteiger partial charge in [0.1, 0.15) is 5.75 Å². The molecule has 1 fully saturated rings. The normalized spacial score (nSPS) is 18.9. The first-order chi connectivity index (χ1) is 10.8. The summed E-state index contributed by atoms with van der Waals surface area (Å²) in [6.45, 7) is 8.17. The zero-order chi connectivity index (χ0) is 16.7. The van der Waals surface area contributed by atoms with E-state index in [1.165, 1.54) is 0 Å². The Bertz CT molecular complexity index is 682. The Hall–Kier alpha value is -1.85. The molecule has 1 aliphatic rings. The molecular weight excluding hydrogens is 289 g/mol. The summed E-state index contributed by atoms with van der Waals surface area (Å²) in [4.78, 5) is 4.44. The number of hydrogen-bond acceptors (Lipinski definition) is 4. The summed E-state index contributed by atoms with van der Waals surface area (Å²) in [5.74, 6) is 0.842. The van der Waals surface area contributed by atoms with Crippen LogP contribution in [0.15, 0.2) is 42.6 Å². The van der Waals surface area contributed by atoms with Crippen LogP contribution in [0, 0.1) is 0 Å². The largest absolute Gasteiger partial charge is 0.514 e. The average molecular weight is 311 g/mol. The fraction of sp³-hybridized carbons (Fsp3) is 0.389. The fourth-order valence-electron chi connectivity index (χ4n) is 2.50. The van der Waals surface area contributed by atoms with Gasteiger partial charge in [0.2, 0.25) is 0 Å². The van der Waals surface area contributed by atoms with E-state index in [2.05, 4.69) is 4.98 Å². The number of aromatic nitrogens is 1. The Kier molecular flexibility index (Phi) is 3.94. The van der Waals surface area contributed by atoms with Crippen molar-refractivity contribution in [2.45, 2.75) is 38.9 Å². The summed E-state index contributed by atoms with van der Waals surface area (Å²) >= 11 is 0. The first-order valence-corrected chi connectivity index (χ1v) is 7.78. The van der Waals surface area contributed by atoms with E-state index in [4.69, 9.17) is 14.0 Å². The van der Waals surface area contributed by atoms with Crippen molar-refractivity contribution in [1.29, 1.82) is 0 Å². The Balaban J connectivity index is 1.88. The topological polar surface area (TPSA) is 40.6 Å². The van der Waals surface area contributed by atoms with Gasteiger partial charge in [0.15, 0.2) is 0 Å². The Labute approximate surface area is 137 Å². The second kappa shape index (κ2) is 5.66. The summed E-state index contributed by atoms with van der Waals surface area (Å²) in [6, 6.07) is 12.0. The highest BCUT2D eigenvalue weighted by atomic mass is 16.7. The third kappa shape index (κ3) is 2.99. The SMILES string of the molecule is COc1ccc(-c2ccnc(B3OC(C)(C)C(C)(C)O3)c2)cc1. The first-order valence-electron chi connectivity index (χ1n) is 7.78. The van der Waals surface area contributed by atoms with E-state index in [0.717, 1.165) is 22.5 Å². The van der Waals surface area contributed by atoms with E-state index in [9.17, 15) is 0 Å². The summed E-state index contributed by atoms with van der Waals surface area (Å²) in [7, 11) is 1.22. The monoisotopic (exact) mass is 311 g/mol. The molecule has 3 rings (SSSR count). The van der Waals surface area contributed by atoms with Crippen molar-refractivity contribution < 1.29 is 14.0 Å². The highest BCUT2D eigenvalue weighted by Gasteiger charge is 2.52. The Morgan fingerprint density at radius 1 is 0.913 bits per heavy atom. The van der Waals surface area contributed by atoms with Crippen molar-refractivity contribution in [3.63, 3.8) is 0 Å². The van der Waals surface area contributed by atoms with Crippen LogP contribution in [0.1, 0.15) is 27.7 Å². The van der Waals surface area contributed by atoms with Crippen LogP contribution in [0.4, 0.5) is 0 Å². The highest BCUT2D eigenvalue weighted by molar-refractivity contribution is 6.61. The molecule has 0 radical (unpaired) electrons. The Morgan fingerprint density at radius 3 is 2.09 bits per heavy atom. The number of ether oxygens (including phenoxy) is 1. The lowest BCUT2D eigenvalue weighted by molar-refractivity contribution is 0.00578. The van der Waals surface area contributed by atoms with Crippen molar-refractivity contribution in [2.75, 3.05) is 7.11 Å². The van der Waals surface area contributed by atoms with Gasteiger partial charge in [-0.3, -0.25) is 4.98 Å². The predicted octanol–water partition coefficient (Wildman–Crippen LogP) is 3.06. The van der Waals surface area contributed by atoms with Crippen molar-refractivity contribution >= 4 is 12.7 Å². The second-order valence-corrected chi connectivity index (χ2v) is 6.79. The minimum atomic E-state index is -0.446. The van der Waals surface area contributed by atoms with Crippen molar-refractivity contribution in [3.05, 3.63) is 42.6 Å². The lowest BCUT2D eigenvalue weighted by Crippen LogP contribution is -2.41. The predicted molar refractivity (Wildman–Crippen MR) is 91.9 cm³/mol. The maximum atomic E-state index is 6.07. The molecule has 23 heavy (non-hydrogen) atoms. The van der Waals surface area contributed by atoms with Gasteiger partial charge in [0, 0.05) is 6.20 Å². The molecule has 0 saturated carbocycles. The van der Waals surface area contributed by atoms with Crippen LogP contribution in [0.3, 0.4) is 0 Å². The summed E-state index contributed by atoms with van der Waals surface area (Å²) in [6.07, 6.45) is 1.79. The molecule has 2 aromatic rings. The van der Waals surface area contributed by atoms with Gasteiger partial charge in [-0.2, -0.15) is 0 Å². The van der Waals surface area contributed by atoms with E-state index in [1.807, 2.05) is 64.1 Å². The zero-order valence-electron chi connectivity index (χ0n) is 14.3. The Morgan fingerprint density at radius 2 is 1.52 bits per heavy atom. The van der Waals surface area contributed by atoms with E-state index in [-0.39, 0.29) is 11.2 Å². The maximum absolute atomic E-state index is 6.07. The highest BCUT2D eigenvalue weighted by Crippen LogP contribution is 2.36. The number of methoxy groups -OCH3 is 1. The smallest absolute Gasteiger partial charge is 0.497 e. The van der Waals surface area contributed by atoms with Crippen LogP contribution in [-0.4, -0.2) is 30.4 Å². The fourth-order valence-corrected chi connectivity index (χ4v) is 2.50. The molecule has 0 unspecified atom stereocenters. The van der Waals surface area contributed by atoms with Crippen LogP contribution < -0.4 is 10.3 Å². The summed E-state index contributed by atoms with van der Waals surface area (Å²) in [5.41, 5.74) is 2.24. The second-order valence-electron chi connectivity index (χ2n) is 6.79. The molecule has 5 heteroatoms. The first kappa shape index (κ1) is 16.0. The van der Waals surface area contributed by atoms with Gasteiger partial charge >= 0.3 is 7.12 Å². The van der Waals surface area contributed by atoms with Gasteiger partial charge in [0.05, 0.1) is 23.9 Å². The molecule has 0 amide bonds. The molecule has 120 valence electrons. The molecule has 0 spiro atoms. The average Bonchev–Trinajstić information content (AvgIpc) is 2.76. The number of nitrogens with zero attached hydrogens (tertiary/aromatic N) is 1. The lowest BCUT2D eigenvalue weighted by Gasteiger charge is -2.32. The third-order valence-corrected chi connectivity index (χ3v) is 4.70. The van der Waals surface area contributed by atoms with Gasteiger partial charge in [0.25, 0.3) is 0 Å². The van der Waals surface area contributed by atoms with Crippen molar-refractivity contribution in [3.8, 4) is 16.9 Å². The van der Waals surface area contributed by atoms with Crippen LogP contribution in [0.2, 0.25) is 0 Å². The molecule has 0 atom stereocenters. The zero-order valence-corrected chi connectivity index (χ0v) is 14.3. The molecular formula is C18H22BNO3. The number of pyridine rings is 1. The molecule has 0 bridgehead atoms. The molecule has 1 aromatic heterocycles. The van der Waals surface area contributed by atoms with Crippen molar-refractivity contribution in [1.82, 2.24) is 4.98 Å². The van der Waals surface area contributed by atoms with Gasteiger partial charge in [-0.05, 0) is 63.1 Å². The molecule has 4 nitrogen and oxygen atoms in total. The number of benzene rings is 1. The van der Waals surface area contributed by atoms with Gasteiger partial charge < -0.3 is 14.0 Å². The van der Waals surface area contributed by atoms with E-state index < -0.39 is 7.12 Å².